The monoisotopic (exact) mass is 341 g/mol. The van der Waals surface area contributed by atoms with Crippen molar-refractivity contribution < 1.29 is 14.3 Å². The van der Waals surface area contributed by atoms with Crippen LogP contribution in [0.4, 0.5) is 5.13 Å². The number of carbonyl (C=O) groups excluding carboxylic acids is 1. The fraction of sp³-hybridized carbons (Fsp3) is 0.235. The Hall–Kier alpha value is -2.67. The molecule has 4 rings (SSSR count). The number of nitrogens with zero attached hydrogens (tertiary/aromatic N) is 3. The molecule has 1 aromatic carbocycles. The number of para-hydroxylation sites is 1. The molecule has 0 amide bonds. The van der Waals surface area contributed by atoms with Crippen molar-refractivity contribution >= 4 is 32.7 Å². The Balaban J connectivity index is 1.42. The first-order valence-corrected chi connectivity index (χ1v) is 8.37. The molecule has 3 heterocycles. The van der Waals surface area contributed by atoms with E-state index in [1.807, 2.05) is 18.2 Å². The zero-order chi connectivity index (χ0) is 16.5. The van der Waals surface area contributed by atoms with E-state index in [2.05, 4.69) is 14.9 Å². The second-order valence-electron chi connectivity index (χ2n) is 5.45. The first-order chi connectivity index (χ1) is 11.7. The van der Waals surface area contributed by atoms with E-state index in [0.29, 0.717) is 18.8 Å². The summed E-state index contributed by atoms with van der Waals surface area (Å²) in [7, 11) is 1.64. The lowest BCUT2D eigenvalue weighted by Gasteiger charge is -2.38. The third-order valence-corrected chi connectivity index (χ3v) is 4.94. The summed E-state index contributed by atoms with van der Waals surface area (Å²) in [6.07, 6.45) is 1.45. The van der Waals surface area contributed by atoms with E-state index in [4.69, 9.17) is 9.47 Å². The fourth-order valence-corrected chi connectivity index (χ4v) is 3.58. The van der Waals surface area contributed by atoms with E-state index >= 15 is 0 Å². The number of hydrogen-bond acceptors (Lipinski definition) is 7. The molecule has 1 fully saturated rings. The molecule has 0 aliphatic carbocycles. The van der Waals surface area contributed by atoms with Gasteiger partial charge in [0.1, 0.15) is 23.1 Å². The van der Waals surface area contributed by atoms with Crippen molar-refractivity contribution in [2.45, 2.75) is 6.10 Å². The summed E-state index contributed by atoms with van der Waals surface area (Å²) >= 11 is 1.61. The number of hydrogen-bond donors (Lipinski definition) is 0. The van der Waals surface area contributed by atoms with E-state index < -0.39 is 0 Å². The molecule has 2 aromatic heterocycles. The summed E-state index contributed by atoms with van der Waals surface area (Å²) in [5.74, 6) is 0.389. The Morgan fingerprint density at radius 3 is 2.88 bits per heavy atom. The molecule has 0 atom stereocenters. The predicted molar refractivity (Wildman–Crippen MR) is 91.8 cm³/mol. The van der Waals surface area contributed by atoms with Crippen LogP contribution in [0.2, 0.25) is 0 Å². The lowest BCUT2D eigenvalue weighted by Crippen LogP contribution is -2.53. The summed E-state index contributed by atoms with van der Waals surface area (Å²) in [6, 6.07) is 11.1. The molecule has 24 heavy (non-hydrogen) atoms. The van der Waals surface area contributed by atoms with Crippen LogP contribution < -0.4 is 9.64 Å². The smallest absolute Gasteiger partial charge is 0.357 e. The molecule has 0 N–H and O–H groups in total. The van der Waals surface area contributed by atoms with Crippen LogP contribution in [-0.2, 0) is 4.74 Å². The lowest BCUT2D eigenvalue weighted by atomic mass is 10.2. The van der Waals surface area contributed by atoms with E-state index in [1.165, 1.54) is 0 Å². The number of rotatable bonds is 4. The van der Waals surface area contributed by atoms with Crippen molar-refractivity contribution in [3.8, 4) is 5.75 Å². The average molecular weight is 341 g/mol. The number of anilines is 1. The van der Waals surface area contributed by atoms with Crippen LogP contribution in [0.15, 0.2) is 42.6 Å². The molecule has 122 valence electrons. The maximum atomic E-state index is 12.0. The topological polar surface area (TPSA) is 64.6 Å². The van der Waals surface area contributed by atoms with Gasteiger partial charge in [0.05, 0.1) is 24.9 Å². The Morgan fingerprint density at radius 1 is 1.25 bits per heavy atom. The van der Waals surface area contributed by atoms with Crippen LogP contribution in [0.25, 0.3) is 10.2 Å². The van der Waals surface area contributed by atoms with Gasteiger partial charge in [-0.1, -0.05) is 23.5 Å². The van der Waals surface area contributed by atoms with Crippen molar-refractivity contribution in [1.82, 2.24) is 9.97 Å². The number of methoxy groups -OCH3 is 1. The number of fused-ring (bicyclic) bond motifs is 1. The first kappa shape index (κ1) is 14.9. The SMILES string of the molecule is COc1cccc2sc(N3CC(OC(=O)c4ccccn4)C3)nc12. The molecule has 3 aromatic rings. The van der Waals surface area contributed by atoms with Gasteiger partial charge in [-0.15, -0.1) is 0 Å². The van der Waals surface area contributed by atoms with Gasteiger partial charge in [0.25, 0.3) is 0 Å². The maximum Gasteiger partial charge on any atom is 0.357 e. The van der Waals surface area contributed by atoms with Gasteiger partial charge in [0.15, 0.2) is 5.13 Å². The first-order valence-electron chi connectivity index (χ1n) is 7.55. The van der Waals surface area contributed by atoms with Gasteiger partial charge in [-0.25, -0.2) is 14.8 Å². The molecule has 0 spiro atoms. The molecule has 0 unspecified atom stereocenters. The van der Waals surface area contributed by atoms with Crippen LogP contribution in [-0.4, -0.2) is 42.2 Å². The molecule has 1 aliphatic heterocycles. The molecule has 7 heteroatoms. The average Bonchev–Trinajstić information content (AvgIpc) is 3.01. The highest BCUT2D eigenvalue weighted by molar-refractivity contribution is 7.22. The number of esters is 1. The minimum absolute atomic E-state index is 0.131. The van der Waals surface area contributed by atoms with Crippen molar-refractivity contribution in [1.29, 1.82) is 0 Å². The Kier molecular flexibility index (Phi) is 3.78. The highest BCUT2D eigenvalue weighted by atomic mass is 32.1. The molecule has 6 nitrogen and oxygen atoms in total. The number of thiazole rings is 1. The molecular formula is C17H15N3O3S. The maximum absolute atomic E-state index is 12.0. The van der Waals surface area contributed by atoms with Gasteiger partial charge in [-0.3, -0.25) is 0 Å². The summed E-state index contributed by atoms with van der Waals surface area (Å²) in [5, 5.41) is 0.916. The molecular weight excluding hydrogens is 326 g/mol. The number of benzene rings is 1. The predicted octanol–water partition coefficient (Wildman–Crippen LogP) is 2.75. The van der Waals surface area contributed by atoms with Crippen molar-refractivity contribution in [2.24, 2.45) is 0 Å². The number of aromatic nitrogens is 2. The van der Waals surface area contributed by atoms with Gasteiger partial charge in [0, 0.05) is 6.20 Å². The van der Waals surface area contributed by atoms with E-state index in [0.717, 1.165) is 21.1 Å². The highest BCUT2D eigenvalue weighted by Gasteiger charge is 2.32. The molecule has 0 radical (unpaired) electrons. The second-order valence-corrected chi connectivity index (χ2v) is 6.46. The Labute approximate surface area is 142 Å². The molecule has 1 aliphatic rings. The molecule has 0 bridgehead atoms. The van der Waals surface area contributed by atoms with Crippen molar-refractivity contribution in [3.63, 3.8) is 0 Å². The largest absolute Gasteiger partial charge is 0.494 e. The zero-order valence-electron chi connectivity index (χ0n) is 13.0. The van der Waals surface area contributed by atoms with E-state index in [-0.39, 0.29) is 12.1 Å². The summed E-state index contributed by atoms with van der Waals surface area (Å²) in [5.41, 5.74) is 1.20. The van der Waals surface area contributed by atoms with Gasteiger partial charge < -0.3 is 14.4 Å². The lowest BCUT2D eigenvalue weighted by molar-refractivity contribution is 0.0227. The number of ether oxygens (including phenoxy) is 2. The van der Waals surface area contributed by atoms with Crippen LogP contribution in [0.5, 0.6) is 5.75 Å². The third kappa shape index (κ3) is 2.67. The van der Waals surface area contributed by atoms with Gasteiger partial charge in [0.2, 0.25) is 0 Å². The second kappa shape index (κ2) is 6.09. The van der Waals surface area contributed by atoms with Crippen LogP contribution >= 0.6 is 11.3 Å². The number of carbonyl (C=O) groups is 1. The Bertz CT molecular complexity index is 875. The van der Waals surface area contributed by atoms with Gasteiger partial charge in [-0.05, 0) is 24.3 Å². The fourth-order valence-electron chi connectivity index (χ4n) is 2.58. The number of pyridine rings is 1. The third-order valence-electron chi connectivity index (χ3n) is 3.86. The summed E-state index contributed by atoms with van der Waals surface area (Å²) in [6.45, 7) is 1.28. The van der Waals surface area contributed by atoms with Gasteiger partial charge in [-0.2, -0.15) is 0 Å². The van der Waals surface area contributed by atoms with Crippen LogP contribution in [0.3, 0.4) is 0 Å². The van der Waals surface area contributed by atoms with E-state index in [1.54, 1.807) is 42.8 Å². The quantitative estimate of drug-likeness (QED) is 0.680. The normalized spacial score (nSPS) is 14.5. The minimum Gasteiger partial charge on any atom is -0.494 e. The minimum atomic E-state index is -0.383. The molecule has 1 saturated heterocycles. The van der Waals surface area contributed by atoms with Crippen LogP contribution in [0.1, 0.15) is 10.5 Å². The van der Waals surface area contributed by atoms with Crippen molar-refractivity contribution in [2.75, 3.05) is 25.1 Å². The summed E-state index contributed by atoms with van der Waals surface area (Å²) in [4.78, 5) is 22.7. The summed E-state index contributed by atoms with van der Waals surface area (Å²) < 4.78 is 11.9. The van der Waals surface area contributed by atoms with Crippen molar-refractivity contribution in [3.05, 3.63) is 48.3 Å². The highest BCUT2D eigenvalue weighted by Crippen LogP contribution is 2.35. The molecule has 0 saturated carbocycles. The Morgan fingerprint density at radius 2 is 2.12 bits per heavy atom. The van der Waals surface area contributed by atoms with Crippen LogP contribution in [0, 0.1) is 0 Å². The zero-order valence-corrected chi connectivity index (χ0v) is 13.8. The van der Waals surface area contributed by atoms with E-state index in [9.17, 15) is 4.79 Å². The van der Waals surface area contributed by atoms with Gasteiger partial charge >= 0.3 is 5.97 Å². The standard InChI is InChI=1S/C17H15N3O3S/c1-22-13-6-4-7-14-15(13)19-17(24-14)20-9-11(10-20)23-16(21)12-5-2-3-8-18-12/h2-8,11H,9-10H2,1H3.